The van der Waals surface area contributed by atoms with Crippen molar-refractivity contribution in [3.05, 3.63) is 46.0 Å². The van der Waals surface area contributed by atoms with Crippen LogP contribution in [0.25, 0.3) is 0 Å². The summed E-state index contributed by atoms with van der Waals surface area (Å²) in [6, 6.07) is 9.29. The van der Waals surface area contributed by atoms with Crippen molar-refractivity contribution in [3.63, 3.8) is 0 Å². The summed E-state index contributed by atoms with van der Waals surface area (Å²) in [7, 11) is 0. The van der Waals surface area contributed by atoms with Crippen molar-refractivity contribution in [2.45, 2.75) is 31.8 Å². The van der Waals surface area contributed by atoms with Crippen molar-refractivity contribution in [1.29, 1.82) is 0 Å². The number of carbonyl (C=O) groups excluding carboxylic acids is 1. The molecule has 1 unspecified atom stereocenters. The van der Waals surface area contributed by atoms with Crippen LogP contribution in [0.2, 0.25) is 0 Å². The summed E-state index contributed by atoms with van der Waals surface area (Å²) in [6.07, 6.45) is -0.642. The minimum absolute atomic E-state index is 0.0453. The Labute approximate surface area is 129 Å². The van der Waals surface area contributed by atoms with Crippen LogP contribution in [0.4, 0.5) is 0 Å². The molecular weight excluding hydrogens is 284 g/mol. The molecule has 1 aromatic carbocycles. The van der Waals surface area contributed by atoms with Gasteiger partial charge < -0.3 is 10.0 Å². The van der Waals surface area contributed by atoms with E-state index in [1.54, 1.807) is 4.90 Å². The number of nitrogens with zero attached hydrogens (tertiary/aromatic N) is 2. The SMILES string of the molecule is CCN(CC)C(=O)[C@@]1(c2ccccc2)C[C@H]1C(O)C[N+](=O)[O-]. The molecular formula is C16H22N2O4. The third-order valence-electron chi connectivity index (χ3n) is 4.54. The number of rotatable bonds is 7. The van der Waals surface area contributed by atoms with E-state index in [0.717, 1.165) is 5.56 Å². The number of carbonyl (C=O) groups is 1. The van der Waals surface area contributed by atoms with Gasteiger partial charge in [-0.3, -0.25) is 14.9 Å². The lowest BCUT2D eigenvalue weighted by Gasteiger charge is -2.27. The van der Waals surface area contributed by atoms with Gasteiger partial charge in [-0.15, -0.1) is 0 Å². The molecule has 2 rings (SSSR count). The van der Waals surface area contributed by atoms with E-state index in [2.05, 4.69) is 0 Å². The zero-order valence-corrected chi connectivity index (χ0v) is 12.9. The van der Waals surface area contributed by atoms with Gasteiger partial charge >= 0.3 is 0 Å². The monoisotopic (exact) mass is 306 g/mol. The van der Waals surface area contributed by atoms with Crippen LogP contribution >= 0.6 is 0 Å². The molecule has 0 heterocycles. The predicted molar refractivity (Wildman–Crippen MR) is 82.0 cm³/mol. The molecule has 0 aromatic heterocycles. The molecule has 1 aromatic rings. The maximum Gasteiger partial charge on any atom is 0.233 e. The first-order valence-corrected chi connectivity index (χ1v) is 7.62. The van der Waals surface area contributed by atoms with Crippen molar-refractivity contribution in [3.8, 4) is 0 Å². The second-order valence-corrected chi connectivity index (χ2v) is 5.71. The van der Waals surface area contributed by atoms with E-state index in [1.165, 1.54) is 0 Å². The zero-order chi connectivity index (χ0) is 16.3. The minimum atomic E-state index is -1.10. The lowest BCUT2D eigenvalue weighted by Crippen LogP contribution is -2.42. The van der Waals surface area contributed by atoms with Crippen molar-refractivity contribution in [1.82, 2.24) is 4.90 Å². The number of benzene rings is 1. The third-order valence-corrected chi connectivity index (χ3v) is 4.54. The molecule has 1 fully saturated rings. The first kappa shape index (κ1) is 16.4. The number of aliphatic hydroxyl groups is 1. The van der Waals surface area contributed by atoms with E-state index in [-0.39, 0.29) is 5.91 Å². The number of hydrogen-bond acceptors (Lipinski definition) is 4. The van der Waals surface area contributed by atoms with Gasteiger partial charge in [-0.2, -0.15) is 0 Å². The molecule has 6 heteroatoms. The molecule has 22 heavy (non-hydrogen) atoms. The highest BCUT2D eigenvalue weighted by molar-refractivity contribution is 5.92. The van der Waals surface area contributed by atoms with Gasteiger partial charge in [0.05, 0.1) is 5.41 Å². The minimum Gasteiger partial charge on any atom is -0.386 e. The highest BCUT2D eigenvalue weighted by atomic mass is 16.6. The van der Waals surface area contributed by atoms with E-state index < -0.39 is 28.9 Å². The van der Waals surface area contributed by atoms with Crippen LogP contribution in [0.15, 0.2) is 30.3 Å². The first-order valence-electron chi connectivity index (χ1n) is 7.62. The Morgan fingerprint density at radius 1 is 1.41 bits per heavy atom. The highest BCUT2D eigenvalue weighted by Crippen LogP contribution is 2.57. The van der Waals surface area contributed by atoms with Gasteiger partial charge in [0.1, 0.15) is 6.10 Å². The molecule has 0 radical (unpaired) electrons. The fourth-order valence-electron chi connectivity index (χ4n) is 3.26. The molecule has 1 aliphatic rings. The molecule has 120 valence electrons. The number of nitro groups is 1. The van der Waals surface area contributed by atoms with Crippen LogP contribution in [0, 0.1) is 16.0 Å². The summed E-state index contributed by atoms with van der Waals surface area (Å²) in [4.78, 5) is 24.8. The maximum atomic E-state index is 12.9. The average Bonchev–Trinajstić information content (AvgIpc) is 3.25. The largest absolute Gasteiger partial charge is 0.386 e. The van der Waals surface area contributed by atoms with Crippen molar-refractivity contribution >= 4 is 5.91 Å². The number of aliphatic hydroxyl groups excluding tert-OH is 1. The normalized spacial score (nSPS) is 24.6. The Bertz CT molecular complexity index is 544. The molecule has 1 aliphatic carbocycles. The Balaban J connectivity index is 2.33. The molecule has 1 saturated carbocycles. The summed E-state index contributed by atoms with van der Waals surface area (Å²) < 4.78 is 0. The Kier molecular flexibility index (Phi) is 4.81. The maximum absolute atomic E-state index is 12.9. The molecule has 1 N–H and O–H groups in total. The number of likely N-dealkylation sites (N-methyl/N-ethyl adjacent to an activating group) is 1. The lowest BCUT2D eigenvalue weighted by molar-refractivity contribution is -0.491. The Hall–Kier alpha value is -1.95. The standard InChI is InChI=1S/C16H22N2O4/c1-3-17(4-2)15(20)16(12-8-6-5-7-9-12)10-13(16)14(19)11-18(21)22/h5-9,13-14,19H,3-4,10-11H2,1-2H3/t13-,14?,16+/m0/s1. The molecule has 0 bridgehead atoms. The van der Waals surface area contributed by atoms with Crippen LogP contribution in [-0.2, 0) is 10.2 Å². The van der Waals surface area contributed by atoms with Crippen molar-refractivity contribution in [2.24, 2.45) is 5.92 Å². The van der Waals surface area contributed by atoms with Crippen LogP contribution in [0.5, 0.6) is 0 Å². The summed E-state index contributed by atoms with van der Waals surface area (Å²) in [5.41, 5.74) is 0.0159. The molecule has 0 aliphatic heterocycles. The summed E-state index contributed by atoms with van der Waals surface area (Å²) in [5.74, 6) is -0.440. The van der Waals surface area contributed by atoms with Crippen LogP contribution in [-0.4, -0.2) is 46.6 Å². The third kappa shape index (κ3) is 2.83. The lowest BCUT2D eigenvalue weighted by atomic mass is 9.89. The van der Waals surface area contributed by atoms with E-state index in [0.29, 0.717) is 19.5 Å². The van der Waals surface area contributed by atoms with E-state index in [1.807, 2.05) is 44.2 Å². The van der Waals surface area contributed by atoms with Gasteiger partial charge in [-0.1, -0.05) is 30.3 Å². The van der Waals surface area contributed by atoms with Gasteiger partial charge in [-0.25, -0.2) is 0 Å². The number of amides is 1. The predicted octanol–water partition coefficient (Wildman–Crippen LogP) is 1.45. The fourth-order valence-corrected chi connectivity index (χ4v) is 3.26. The van der Waals surface area contributed by atoms with Crippen molar-refractivity contribution in [2.75, 3.05) is 19.6 Å². The van der Waals surface area contributed by atoms with Gasteiger partial charge in [0.2, 0.25) is 12.5 Å². The first-order chi connectivity index (χ1) is 10.5. The van der Waals surface area contributed by atoms with Crippen LogP contribution in [0.1, 0.15) is 25.8 Å². The zero-order valence-electron chi connectivity index (χ0n) is 12.9. The highest BCUT2D eigenvalue weighted by Gasteiger charge is 2.65. The summed E-state index contributed by atoms with van der Waals surface area (Å²) >= 11 is 0. The quantitative estimate of drug-likeness (QED) is 0.610. The van der Waals surface area contributed by atoms with Gasteiger partial charge in [0, 0.05) is 23.9 Å². The molecule has 6 nitrogen and oxygen atoms in total. The second-order valence-electron chi connectivity index (χ2n) is 5.71. The average molecular weight is 306 g/mol. The van der Waals surface area contributed by atoms with E-state index >= 15 is 0 Å². The van der Waals surface area contributed by atoms with Crippen LogP contribution < -0.4 is 0 Å². The Morgan fingerprint density at radius 3 is 2.50 bits per heavy atom. The molecule has 0 spiro atoms. The summed E-state index contributed by atoms with van der Waals surface area (Å²) in [5, 5.41) is 20.8. The topological polar surface area (TPSA) is 83.7 Å². The van der Waals surface area contributed by atoms with E-state index in [4.69, 9.17) is 0 Å². The summed E-state index contributed by atoms with van der Waals surface area (Å²) in [6.45, 7) is 4.46. The fraction of sp³-hybridized carbons (Fsp3) is 0.562. The van der Waals surface area contributed by atoms with Crippen LogP contribution in [0.3, 0.4) is 0 Å². The van der Waals surface area contributed by atoms with Gasteiger partial charge in [0.25, 0.3) is 0 Å². The Morgan fingerprint density at radius 2 is 2.00 bits per heavy atom. The van der Waals surface area contributed by atoms with E-state index in [9.17, 15) is 20.0 Å². The molecule has 3 atom stereocenters. The molecule has 0 saturated heterocycles. The molecule has 1 amide bonds. The van der Waals surface area contributed by atoms with Gasteiger partial charge in [-0.05, 0) is 25.8 Å². The van der Waals surface area contributed by atoms with Gasteiger partial charge in [0.15, 0.2) is 0 Å². The smallest absolute Gasteiger partial charge is 0.233 e. The second kappa shape index (κ2) is 6.44. The number of hydrogen-bond donors (Lipinski definition) is 1. The van der Waals surface area contributed by atoms with Crippen molar-refractivity contribution < 1.29 is 14.8 Å².